The highest BCUT2D eigenvalue weighted by atomic mass is 16.6. The van der Waals surface area contributed by atoms with Crippen molar-refractivity contribution in [2.75, 3.05) is 13.1 Å². The molecule has 1 fully saturated rings. The standard InChI is InChI=1S/C17H30N2O5/c1-16(2,3)23-13(20)11-12(14(21)19-9-7-8-10-19)18-15(22)24-17(4,5)6/h12H,7-11H2,1-6H3,(H,18,22)/t12-/m0/s1. The van der Waals surface area contributed by atoms with Gasteiger partial charge in [0.1, 0.15) is 17.2 Å². The molecule has 0 aromatic rings. The Kier molecular flexibility index (Phi) is 6.63. The number of alkyl carbamates (subject to hydrolysis) is 1. The number of ether oxygens (including phenoxy) is 2. The molecule has 0 saturated carbocycles. The number of nitrogens with zero attached hydrogens (tertiary/aromatic N) is 1. The fourth-order valence-corrected chi connectivity index (χ4v) is 2.36. The number of esters is 1. The van der Waals surface area contributed by atoms with Crippen LogP contribution in [0.5, 0.6) is 0 Å². The van der Waals surface area contributed by atoms with Crippen LogP contribution in [-0.2, 0) is 19.1 Å². The minimum atomic E-state index is -0.979. The third-order valence-electron chi connectivity index (χ3n) is 3.20. The second kappa shape index (κ2) is 7.85. The van der Waals surface area contributed by atoms with E-state index in [1.807, 2.05) is 0 Å². The van der Waals surface area contributed by atoms with E-state index in [0.29, 0.717) is 13.1 Å². The highest BCUT2D eigenvalue weighted by Gasteiger charge is 2.32. The van der Waals surface area contributed by atoms with Crippen molar-refractivity contribution >= 4 is 18.0 Å². The van der Waals surface area contributed by atoms with Crippen molar-refractivity contribution in [2.24, 2.45) is 0 Å². The molecule has 24 heavy (non-hydrogen) atoms. The third kappa shape index (κ3) is 7.66. The number of rotatable bonds is 4. The summed E-state index contributed by atoms with van der Waals surface area (Å²) in [6.45, 7) is 11.7. The van der Waals surface area contributed by atoms with Crippen LogP contribution >= 0.6 is 0 Å². The summed E-state index contributed by atoms with van der Waals surface area (Å²) in [5.41, 5.74) is -1.33. The van der Waals surface area contributed by atoms with E-state index in [-0.39, 0.29) is 12.3 Å². The molecular weight excluding hydrogens is 312 g/mol. The summed E-state index contributed by atoms with van der Waals surface area (Å²) in [6, 6.07) is -0.979. The van der Waals surface area contributed by atoms with Gasteiger partial charge in [-0.05, 0) is 54.4 Å². The van der Waals surface area contributed by atoms with Gasteiger partial charge in [-0.2, -0.15) is 0 Å². The summed E-state index contributed by atoms with van der Waals surface area (Å²) >= 11 is 0. The van der Waals surface area contributed by atoms with Gasteiger partial charge in [0.15, 0.2) is 0 Å². The monoisotopic (exact) mass is 342 g/mol. The van der Waals surface area contributed by atoms with Gasteiger partial charge in [-0.1, -0.05) is 0 Å². The van der Waals surface area contributed by atoms with Gasteiger partial charge in [0.05, 0.1) is 6.42 Å². The topological polar surface area (TPSA) is 84.9 Å². The Labute approximate surface area is 144 Å². The van der Waals surface area contributed by atoms with Crippen LogP contribution in [0.15, 0.2) is 0 Å². The molecule has 138 valence electrons. The van der Waals surface area contributed by atoms with Crippen LogP contribution < -0.4 is 5.32 Å². The van der Waals surface area contributed by atoms with Crippen LogP contribution in [0, 0.1) is 0 Å². The molecule has 0 spiro atoms. The average molecular weight is 342 g/mol. The lowest BCUT2D eigenvalue weighted by Crippen LogP contribution is -2.50. The van der Waals surface area contributed by atoms with Crippen LogP contribution in [0.3, 0.4) is 0 Å². The van der Waals surface area contributed by atoms with E-state index >= 15 is 0 Å². The Hall–Kier alpha value is -1.79. The van der Waals surface area contributed by atoms with E-state index in [1.54, 1.807) is 46.4 Å². The predicted octanol–water partition coefficient (Wildman–Crippen LogP) is 2.23. The molecule has 0 unspecified atom stereocenters. The first-order valence-electron chi connectivity index (χ1n) is 8.37. The molecule has 0 bridgehead atoms. The molecule has 0 aliphatic carbocycles. The lowest BCUT2D eigenvalue weighted by Gasteiger charge is -2.27. The molecule has 7 heteroatoms. The Morgan fingerprint density at radius 3 is 1.92 bits per heavy atom. The number of likely N-dealkylation sites (tertiary alicyclic amines) is 1. The van der Waals surface area contributed by atoms with Gasteiger partial charge in [-0.15, -0.1) is 0 Å². The summed E-state index contributed by atoms with van der Waals surface area (Å²) in [6.07, 6.45) is 0.921. The highest BCUT2D eigenvalue weighted by molar-refractivity contribution is 5.89. The van der Waals surface area contributed by atoms with E-state index in [0.717, 1.165) is 12.8 Å². The number of nitrogens with one attached hydrogen (secondary N) is 1. The van der Waals surface area contributed by atoms with Crippen LogP contribution in [0.2, 0.25) is 0 Å². The average Bonchev–Trinajstić information content (AvgIpc) is 2.85. The quantitative estimate of drug-likeness (QED) is 0.792. The molecule has 1 aliphatic rings. The third-order valence-corrected chi connectivity index (χ3v) is 3.20. The zero-order valence-corrected chi connectivity index (χ0v) is 15.6. The van der Waals surface area contributed by atoms with E-state index < -0.39 is 29.3 Å². The molecule has 2 amide bonds. The van der Waals surface area contributed by atoms with E-state index in [1.165, 1.54) is 0 Å². The largest absolute Gasteiger partial charge is 0.460 e. The minimum absolute atomic E-state index is 0.216. The number of amides is 2. The first kappa shape index (κ1) is 20.3. The van der Waals surface area contributed by atoms with Gasteiger partial charge in [-0.3, -0.25) is 9.59 Å². The Morgan fingerprint density at radius 1 is 0.958 bits per heavy atom. The molecule has 1 saturated heterocycles. The first-order chi connectivity index (χ1) is 10.9. The summed E-state index contributed by atoms with van der Waals surface area (Å²) < 4.78 is 10.5. The Bertz CT molecular complexity index is 440. The van der Waals surface area contributed by atoms with Crippen LogP contribution in [0.4, 0.5) is 4.79 Å². The molecule has 1 rings (SSSR count). The van der Waals surface area contributed by atoms with Crippen LogP contribution in [-0.4, -0.2) is 53.2 Å². The molecule has 0 aromatic heterocycles. The van der Waals surface area contributed by atoms with Gasteiger partial charge in [-0.25, -0.2) is 4.79 Å². The van der Waals surface area contributed by atoms with Gasteiger partial charge < -0.3 is 19.7 Å². The number of carbonyl (C=O) groups excluding carboxylic acids is 3. The maximum atomic E-state index is 12.6. The zero-order valence-electron chi connectivity index (χ0n) is 15.6. The Morgan fingerprint density at radius 2 is 1.46 bits per heavy atom. The molecule has 0 aromatic carbocycles. The van der Waals surface area contributed by atoms with Crippen LogP contribution in [0.1, 0.15) is 60.8 Å². The SMILES string of the molecule is CC(C)(C)OC(=O)C[C@H](NC(=O)OC(C)(C)C)C(=O)N1CCCC1. The first-order valence-corrected chi connectivity index (χ1v) is 8.37. The van der Waals surface area contributed by atoms with Crippen molar-refractivity contribution in [2.45, 2.75) is 78.0 Å². The maximum absolute atomic E-state index is 12.6. The maximum Gasteiger partial charge on any atom is 0.408 e. The lowest BCUT2D eigenvalue weighted by molar-refractivity contribution is -0.157. The second-order valence-corrected chi connectivity index (χ2v) is 8.02. The molecule has 7 nitrogen and oxygen atoms in total. The zero-order chi connectivity index (χ0) is 18.5. The fourth-order valence-electron chi connectivity index (χ4n) is 2.36. The van der Waals surface area contributed by atoms with Crippen molar-refractivity contribution in [3.05, 3.63) is 0 Å². The Balaban J connectivity index is 2.76. The molecule has 1 aliphatic heterocycles. The second-order valence-electron chi connectivity index (χ2n) is 8.02. The van der Waals surface area contributed by atoms with Gasteiger partial charge in [0.2, 0.25) is 5.91 Å². The van der Waals surface area contributed by atoms with Crippen LogP contribution in [0.25, 0.3) is 0 Å². The number of hydrogen-bond donors (Lipinski definition) is 1. The molecule has 1 N–H and O–H groups in total. The lowest BCUT2D eigenvalue weighted by atomic mass is 10.1. The highest BCUT2D eigenvalue weighted by Crippen LogP contribution is 2.14. The molecule has 0 radical (unpaired) electrons. The smallest absolute Gasteiger partial charge is 0.408 e. The summed E-state index contributed by atoms with van der Waals surface area (Å²) in [7, 11) is 0. The number of carbonyl (C=O) groups is 3. The van der Waals surface area contributed by atoms with E-state index in [4.69, 9.17) is 9.47 Å². The summed E-state index contributed by atoms with van der Waals surface area (Å²) in [4.78, 5) is 38.3. The van der Waals surface area contributed by atoms with Crippen molar-refractivity contribution in [3.63, 3.8) is 0 Å². The molecule has 1 heterocycles. The number of hydrogen-bond acceptors (Lipinski definition) is 5. The van der Waals surface area contributed by atoms with Gasteiger partial charge in [0, 0.05) is 13.1 Å². The van der Waals surface area contributed by atoms with E-state index in [9.17, 15) is 14.4 Å². The van der Waals surface area contributed by atoms with E-state index in [2.05, 4.69) is 5.32 Å². The normalized spacial score (nSPS) is 16.5. The minimum Gasteiger partial charge on any atom is -0.460 e. The summed E-state index contributed by atoms with van der Waals surface area (Å²) in [5.74, 6) is -0.805. The van der Waals surface area contributed by atoms with Gasteiger partial charge >= 0.3 is 12.1 Å². The summed E-state index contributed by atoms with van der Waals surface area (Å²) in [5, 5.41) is 2.51. The fraction of sp³-hybridized carbons (Fsp3) is 0.824. The van der Waals surface area contributed by atoms with Crippen molar-refractivity contribution < 1.29 is 23.9 Å². The van der Waals surface area contributed by atoms with Gasteiger partial charge in [0.25, 0.3) is 0 Å². The van der Waals surface area contributed by atoms with Crippen molar-refractivity contribution in [1.82, 2.24) is 10.2 Å². The molecular formula is C17H30N2O5. The van der Waals surface area contributed by atoms with Crippen molar-refractivity contribution in [1.29, 1.82) is 0 Å². The predicted molar refractivity (Wildman–Crippen MR) is 89.4 cm³/mol. The molecule has 1 atom stereocenters. The van der Waals surface area contributed by atoms with Crippen molar-refractivity contribution in [3.8, 4) is 0 Å².